The number of nitrogens with zero attached hydrogens (tertiary/aromatic N) is 1. The molecule has 236 valence electrons. The number of halogens is 1. The summed E-state index contributed by atoms with van der Waals surface area (Å²) in [5.41, 5.74) is 8.38. The molecule has 2 amide bonds. The molecule has 0 aliphatic carbocycles. The number of hydrogen-bond acceptors (Lipinski definition) is 4. The predicted octanol–water partition coefficient (Wildman–Crippen LogP) is 6.05. The highest BCUT2D eigenvalue weighted by Crippen LogP contribution is 2.37. The van der Waals surface area contributed by atoms with Crippen molar-refractivity contribution in [3.8, 4) is 5.75 Å². The number of amides is 2. The van der Waals surface area contributed by atoms with E-state index in [0.29, 0.717) is 37.0 Å². The Hall–Kier alpha value is -4.14. The number of piperidine rings is 1. The summed E-state index contributed by atoms with van der Waals surface area (Å²) in [6.07, 6.45) is 2.57. The first-order valence-electron chi connectivity index (χ1n) is 15.9. The van der Waals surface area contributed by atoms with E-state index < -0.39 is 14.1 Å². The van der Waals surface area contributed by atoms with Crippen LogP contribution in [0.4, 0.5) is 14.9 Å². The molecule has 0 spiro atoms. The molecule has 1 heterocycles. The SMILES string of the molecule is CC(C)(C)[Si](Oc1ccc(CNC(=O)N2CCC(Nc3ccc(CCN)cc3)CC2)c(F)c1)(c1ccccc1)c1ccccc1. The molecule has 1 aliphatic heterocycles. The van der Waals surface area contributed by atoms with E-state index in [2.05, 4.69) is 79.9 Å². The topological polar surface area (TPSA) is 79.6 Å². The van der Waals surface area contributed by atoms with Gasteiger partial charge < -0.3 is 25.7 Å². The van der Waals surface area contributed by atoms with Gasteiger partial charge in [-0.05, 0) is 65.0 Å². The van der Waals surface area contributed by atoms with Crippen molar-refractivity contribution in [2.24, 2.45) is 5.73 Å². The Morgan fingerprint density at radius 1 is 0.911 bits per heavy atom. The lowest BCUT2D eigenvalue weighted by Crippen LogP contribution is -2.68. The van der Waals surface area contributed by atoms with Crippen LogP contribution in [-0.2, 0) is 13.0 Å². The third kappa shape index (κ3) is 7.57. The number of carbonyl (C=O) groups is 1. The molecular weight excluding hydrogens is 580 g/mol. The molecule has 45 heavy (non-hydrogen) atoms. The van der Waals surface area contributed by atoms with Crippen LogP contribution in [0.3, 0.4) is 0 Å². The molecule has 5 rings (SSSR count). The van der Waals surface area contributed by atoms with Crippen molar-refractivity contribution in [2.45, 2.75) is 57.7 Å². The summed E-state index contributed by atoms with van der Waals surface area (Å²) in [6.45, 7) is 8.61. The molecule has 4 N–H and O–H groups in total. The van der Waals surface area contributed by atoms with E-state index in [9.17, 15) is 4.79 Å². The summed E-state index contributed by atoms with van der Waals surface area (Å²) in [7, 11) is -2.88. The molecule has 0 atom stereocenters. The normalized spacial score (nSPS) is 14.2. The van der Waals surface area contributed by atoms with Gasteiger partial charge in [-0.1, -0.05) is 99.6 Å². The second-order valence-corrected chi connectivity index (χ2v) is 17.0. The van der Waals surface area contributed by atoms with Crippen molar-refractivity contribution in [1.29, 1.82) is 0 Å². The summed E-state index contributed by atoms with van der Waals surface area (Å²) in [5.74, 6) is 0.0894. The van der Waals surface area contributed by atoms with E-state index in [0.717, 1.165) is 35.3 Å². The molecule has 0 unspecified atom stereocenters. The maximum Gasteiger partial charge on any atom is 0.319 e. The van der Waals surface area contributed by atoms with E-state index in [-0.39, 0.29) is 17.6 Å². The van der Waals surface area contributed by atoms with Gasteiger partial charge in [0.25, 0.3) is 0 Å². The molecule has 1 aliphatic rings. The number of nitrogens with two attached hydrogens (primary N) is 1. The number of likely N-dealkylation sites (tertiary alicyclic amines) is 1. The Bertz CT molecular complexity index is 1500. The summed E-state index contributed by atoms with van der Waals surface area (Å²) in [6, 6.07) is 34.1. The Morgan fingerprint density at radius 3 is 2.04 bits per heavy atom. The number of benzene rings is 4. The average molecular weight is 625 g/mol. The second-order valence-electron chi connectivity index (χ2n) is 12.8. The maximum atomic E-state index is 15.5. The largest absolute Gasteiger partial charge is 0.534 e. The lowest BCUT2D eigenvalue weighted by molar-refractivity contribution is 0.183. The van der Waals surface area contributed by atoms with Crippen LogP contribution in [-0.4, -0.2) is 44.9 Å². The van der Waals surface area contributed by atoms with Crippen LogP contribution in [0, 0.1) is 5.82 Å². The lowest BCUT2D eigenvalue weighted by Gasteiger charge is -2.43. The maximum absolute atomic E-state index is 15.5. The van der Waals surface area contributed by atoms with Gasteiger partial charge in [-0.15, -0.1) is 0 Å². The van der Waals surface area contributed by atoms with Crippen LogP contribution in [0.5, 0.6) is 5.75 Å². The molecule has 0 bridgehead atoms. The zero-order chi connectivity index (χ0) is 31.9. The fraction of sp³-hybridized carbons (Fsp3) is 0.324. The molecule has 0 radical (unpaired) electrons. The molecule has 6 nitrogen and oxygen atoms in total. The molecule has 0 aromatic heterocycles. The zero-order valence-corrected chi connectivity index (χ0v) is 27.6. The fourth-order valence-corrected chi connectivity index (χ4v) is 10.7. The van der Waals surface area contributed by atoms with Crippen LogP contribution in [0.25, 0.3) is 0 Å². The minimum atomic E-state index is -2.88. The number of carbonyl (C=O) groups excluding carboxylic acids is 1. The first-order valence-corrected chi connectivity index (χ1v) is 17.8. The standard InChI is InChI=1S/C37H45FN4O2Si/c1-37(2,3)45(33-10-6-4-7-11-33,34-12-8-5-9-13-34)44-32-19-16-29(35(38)26-32)27-40-36(43)42-24-21-31(22-25-42)41-30-17-14-28(15-18-30)20-23-39/h4-19,26,31,41H,20-25,27,39H2,1-3H3,(H,40,43). The van der Waals surface area contributed by atoms with Crippen LogP contribution < -0.4 is 31.2 Å². The van der Waals surface area contributed by atoms with Gasteiger partial charge in [-0.25, -0.2) is 9.18 Å². The molecule has 8 heteroatoms. The zero-order valence-electron chi connectivity index (χ0n) is 26.6. The smallest absolute Gasteiger partial charge is 0.319 e. The second kappa shape index (κ2) is 14.3. The Kier molecular flexibility index (Phi) is 10.3. The van der Waals surface area contributed by atoms with Crippen molar-refractivity contribution in [2.75, 3.05) is 25.0 Å². The van der Waals surface area contributed by atoms with Crippen LogP contribution in [0.2, 0.25) is 5.04 Å². The van der Waals surface area contributed by atoms with Gasteiger partial charge in [0.05, 0.1) is 0 Å². The fourth-order valence-electron chi connectivity index (χ4n) is 6.24. The van der Waals surface area contributed by atoms with Gasteiger partial charge in [0.1, 0.15) is 11.6 Å². The molecular formula is C37H45FN4O2Si. The highest BCUT2D eigenvalue weighted by atomic mass is 28.4. The summed E-state index contributed by atoms with van der Waals surface area (Å²) in [4.78, 5) is 14.8. The van der Waals surface area contributed by atoms with E-state index in [1.165, 1.54) is 11.6 Å². The molecule has 1 saturated heterocycles. The first-order chi connectivity index (χ1) is 21.7. The van der Waals surface area contributed by atoms with Crippen LogP contribution in [0.15, 0.2) is 103 Å². The van der Waals surface area contributed by atoms with E-state index >= 15 is 4.39 Å². The van der Waals surface area contributed by atoms with Gasteiger partial charge in [-0.2, -0.15) is 0 Å². The summed E-state index contributed by atoms with van der Waals surface area (Å²) >= 11 is 0. The van der Waals surface area contributed by atoms with Crippen molar-refractivity contribution in [1.82, 2.24) is 10.2 Å². The third-order valence-electron chi connectivity index (χ3n) is 8.68. The third-order valence-corrected chi connectivity index (χ3v) is 13.6. The Balaban J connectivity index is 1.21. The monoisotopic (exact) mass is 624 g/mol. The number of hydrogen-bond donors (Lipinski definition) is 3. The van der Waals surface area contributed by atoms with Crippen molar-refractivity contribution >= 4 is 30.4 Å². The van der Waals surface area contributed by atoms with E-state index in [4.69, 9.17) is 10.2 Å². The Labute approximate surface area is 267 Å². The molecule has 4 aromatic rings. The van der Waals surface area contributed by atoms with Gasteiger partial charge in [0.15, 0.2) is 0 Å². The highest BCUT2D eigenvalue weighted by molar-refractivity contribution is 7.00. The number of rotatable bonds is 10. The Morgan fingerprint density at radius 2 is 1.51 bits per heavy atom. The van der Waals surface area contributed by atoms with Crippen LogP contribution >= 0.6 is 0 Å². The summed E-state index contributed by atoms with van der Waals surface area (Å²) < 4.78 is 22.5. The van der Waals surface area contributed by atoms with E-state index in [1.807, 2.05) is 42.5 Å². The number of urea groups is 1. The molecule has 1 fully saturated rings. The van der Waals surface area contributed by atoms with Crippen LogP contribution in [0.1, 0.15) is 44.7 Å². The molecule has 0 saturated carbocycles. The first kappa shape index (κ1) is 32.3. The minimum absolute atomic E-state index is 0.109. The van der Waals surface area contributed by atoms with Gasteiger partial charge in [-0.3, -0.25) is 0 Å². The number of anilines is 1. The van der Waals surface area contributed by atoms with Crippen molar-refractivity contribution in [3.05, 3.63) is 120 Å². The van der Waals surface area contributed by atoms with Gasteiger partial charge in [0, 0.05) is 43.0 Å². The van der Waals surface area contributed by atoms with Gasteiger partial charge in [0.2, 0.25) is 0 Å². The lowest BCUT2D eigenvalue weighted by atomic mass is 10.0. The quantitative estimate of drug-likeness (QED) is 0.188. The summed E-state index contributed by atoms with van der Waals surface area (Å²) in [5, 5.41) is 8.51. The van der Waals surface area contributed by atoms with Crippen molar-refractivity contribution < 1.29 is 13.6 Å². The van der Waals surface area contributed by atoms with Gasteiger partial charge >= 0.3 is 14.3 Å². The highest BCUT2D eigenvalue weighted by Gasteiger charge is 2.52. The molecule has 4 aromatic carbocycles. The predicted molar refractivity (Wildman–Crippen MR) is 184 cm³/mol. The number of nitrogens with one attached hydrogen (secondary N) is 2. The average Bonchev–Trinajstić information content (AvgIpc) is 3.05. The minimum Gasteiger partial charge on any atom is -0.534 e. The van der Waals surface area contributed by atoms with E-state index in [1.54, 1.807) is 11.0 Å². The van der Waals surface area contributed by atoms with Crippen molar-refractivity contribution in [3.63, 3.8) is 0 Å².